The molecule has 4 nitrogen and oxygen atoms in total. The van der Waals surface area contributed by atoms with E-state index in [9.17, 15) is 9.90 Å². The summed E-state index contributed by atoms with van der Waals surface area (Å²) in [6.07, 6.45) is 5.61. The number of carbonyl (C=O) groups excluding carboxylic acids is 1. The van der Waals surface area contributed by atoms with Crippen molar-refractivity contribution in [3.8, 4) is 0 Å². The maximum atomic E-state index is 13.0. The van der Waals surface area contributed by atoms with Crippen LogP contribution in [-0.2, 0) is 34.5 Å². The SMILES string of the molecule is C.CC(C)(C)Cc1ccc2c(c1)C(=O)C(CO[Si](C)(C)C(C)(C)C)CC2.CC(C)(C)Cc1ccc2c(c1)[C@H](O)C(CO[Si](C)(C)C(C)(C)C)CC2.[B]C. The molecule has 0 heterocycles. The molecule has 53 heavy (non-hydrogen) atoms. The molecule has 0 fully saturated rings. The summed E-state index contributed by atoms with van der Waals surface area (Å²) in [5.41, 5.74) is 7.70. The number of carbonyl (C=O) groups is 1. The fourth-order valence-corrected chi connectivity index (χ4v) is 8.60. The van der Waals surface area contributed by atoms with Crippen LogP contribution in [0, 0.1) is 22.7 Å². The van der Waals surface area contributed by atoms with Crippen molar-refractivity contribution >= 4 is 30.3 Å². The summed E-state index contributed by atoms with van der Waals surface area (Å²) in [6.45, 7) is 38.9. The highest BCUT2D eigenvalue weighted by Gasteiger charge is 2.40. The molecule has 0 spiro atoms. The van der Waals surface area contributed by atoms with Crippen molar-refractivity contribution in [1.82, 2.24) is 0 Å². The molecule has 0 aliphatic heterocycles. The Morgan fingerprint density at radius 3 is 1.58 bits per heavy atom. The lowest BCUT2D eigenvalue weighted by atomic mass is 9.79. The fraction of sp³-hybridized carbons (Fsp3) is 0.717. The standard InChI is InChI=1S/C22H38O2Si.C22H36O2Si.CH3B.CH4/c2*1-21(2,3)14-16-9-10-17-11-12-18(20(23)19(17)13-16)15-24-25(7,8)22(4,5)6;1-2;/h9-10,13,18,20,23H,11-12,14-15H2,1-8H3;9-10,13,18H,11-12,14-15H2,1-8H3;1H3;1H4/t18?,20-;;;/m1.../s1. The number of fused-ring (bicyclic) bond motifs is 2. The van der Waals surface area contributed by atoms with E-state index >= 15 is 0 Å². The number of aliphatic hydroxyl groups is 1. The van der Waals surface area contributed by atoms with E-state index in [1.807, 2.05) is 0 Å². The molecule has 1 N–H and O–H groups in total. The second kappa shape index (κ2) is 19.1. The molecule has 0 aromatic heterocycles. The summed E-state index contributed by atoms with van der Waals surface area (Å²) >= 11 is 0. The molecule has 0 bridgehead atoms. The minimum Gasteiger partial charge on any atom is -0.416 e. The second-order valence-electron chi connectivity index (χ2n) is 21.0. The van der Waals surface area contributed by atoms with Crippen molar-refractivity contribution in [2.75, 3.05) is 13.2 Å². The number of hydrogen-bond donors (Lipinski definition) is 1. The lowest BCUT2D eigenvalue weighted by Gasteiger charge is -2.39. The van der Waals surface area contributed by atoms with Gasteiger partial charge in [-0.15, -0.1) is 0 Å². The third-order valence-electron chi connectivity index (χ3n) is 11.7. The number of rotatable bonds is 8. The van der Waals surface area contributed by atoms with E-state index in [1.165, 1.54) is 29.1 Å². The van der Waals surface area contributed by atoms with Crippen LogP contribution in [0.15, 0.2) is 36.4 Å². The molecule has 0 saturated heterocycles. The van der Waals surface area contributed by atoms with Gasteiger partial charge in [0.1, 0.15) is 0 Å². The number of aryl methyl sites for hydroxylation is 2. The van der Waals surface area contributed by atoms with Gasteiger partial charge in [-0.2, -0.15) is 0 Å². The first-order chi connectivity index (χ1) is 23.6. The van der Waals surface area contributed by atoms with E-state index in [2.05, 4.69) is 154 Å². The van der Waals surface area contributed by atoms with Crippen LogP contribution in [0.5, 0.6) is 0 Å². The molecule has 2 aliphatic rings. The second-order valence-corrected chi connectivity index (χ2v) is 30.6. The molecule has 0 saturated carbocycles. The van der Waals surface area contributed by atoms with Crippen LogP contribution in [0.3, 0.4) is 0 Å². The van der Waals surface area contributed by atoms with E-state index in [1.54, 1.807) is 0 Å². The number of ketones is 1. The Balaban J connectivity index is 0.000000497. The first kappa shape index (κ1) is 49.5. The molecule has 3 atom stereocenters. The molecule has 300 valence electrons. The average molecular weight is 765 g/mol. The molecule has 2 aromatic rings. The van der Waals surface area contributed by atoms with Crippen LogP contribution in [0.25, 0.3) is 0 Å². The molecule has 0 amide bonds. The summed E-state index contributed by atoms with van der Waals surface area (Å²) in [7, 11) is 0.931. The highest BCUT2D eigenvalue weighted by Crippen LogP contribution is 2.41. The zero-order valence-corrected chi connectivity index (χ0v) is 38.6. The maximum absolute atomic E-state index is 13.0. The molecular weight excluding hydrogens is 683 g/mol. The van der Waals surface area contributed by atoms with Crippen LogP contribution >= 0.6 is 0 Å². The van der Waals surface area contributed by atoms with Crippen molar-refractivity contribution in [3.63, 3.8) is 0 Å². The number of hydrogen-bond acceptors (Lipinski definition) is 4. The summed E-state index contributed by atoms with van der Waals surface area (Å²) in [4.78, 5) is 13.0. The summed E-state index contributed by atoms with van der Waals surface area (Å²) in [5, 5.41) is 11.4. The van der Waals surface area contributed by atoms with Gasteiger partial charge in [-0.3, -0.25) is 4.79 Å². The van der Waals surface area contributed by atoms with Crippen molar-refractivity contribution in [1.29, 1.82) is 0 Å². The Labute approximate surface area is 331 Å². The first-order valence-electron chi connectivity index (χ1n) is 19.9. The molecular formula is C46H81BO4Si2. The van der Waals surface area contributed by atoms with Crippen LogP contribution in [0.1, 0.15) is 148 Å². The van der Waals surface area contributed by atoms with E-state index in [0.29, 0.717) is 13.2 Å². The minimum atomic E-state index is -1.80. The number of aliphatic hydroxyl groups excluding tert-OH is 1. The Morgan fingerprint density at radius 1 is 0.679 bits per heavy atom. The lowest BCUT2D eigenvalue weighted by molar-refractivity contribution is 0.0574. The summed E-state index contributed by atoms with van der Waals surface area (Å²) in [5.74, 6) is 0.522. The van der Waals surface area contributed by atoms with Gasteiger partial charge < -0.3 is 14.0 Å². The van der Waals surface area contributed by atoms with E-state index in [4.69, 9.17) is 8.85 Å². The van der Waals surface area contributed by atoms with Gasteiger partial charge in [-0.25, -0.2) is 0 Å². The predicted octanol–water partition coefficient (Wildman–Crippen LogP) is 12.8. The Bertz CT molecular complexity index is 1450. The maximum Gasteiger partial charge on any atom is 0.192 e. The zero-order valence-electron chi connectivity index (χ0n) is 36.6. The Morgan fingerprint density at radius 2 is 1.11 bits per heavy atom. The third kappa shape index (κ3) is 14.5. The summed E-state index contributed by atoms with van der Waals surface area (Å²) < 4.78 is 12.8. The van der Waals surface area contributed by atoms with Crippen LogP contribution in [0.2, 0.25) is 43.1 Å². The molecule has 2 aromatic carbocycles. The largest absolute Gasteiger partial charge is 0.416 e. The fourth-order valence-electron chi connectivity index (χ4n) is 6.49. The van der Waals surface area contributed by atoms with Gasteiger partial charge in [0.25, 0.3) is 0 Å². The zero-order chi connectivity index (χ0) is 40.1. The first-order valence-corrected chi connectivity index (χ1v) is 25.7. The van der Waals surface area contributed by atoms with E-state index in [0.717, 1.165) is 49.7 Å². The van der Waals surface area contributed by atoms with Crippen molar-refractivity contribution in [2.24, 2.45) is 22.7 Å². The molecule has 4 rings (SSSR count). The van der Waals surface area contributed by atoms with Gasteiger partial charge in [0.2, 0.25) is 0 Å². The van der Waals surface area contributed by atoms with E-state index < -0.39 is 22.7 Å². The van der Waals surface area contributed by atoms with Gasteiger partial charge in [-0.05, 0) is 120 Å². The van der Waals surface area contributed by atoms with Gasteiger partial charge in [0.05, 0.1) is 14.0 Å². The van der Waals surface area contributed by atoms with Gasteiger partial charge >= 0.3 is 0 Å². The molecule has 2 radical (unpaired) electrons. The highest BCUT2D eigenvalue weighted by atomic mass is 28.4. The van der Waals surface area contributed by atoms with Crippen molar-refractivity contribution in [2.45, 2.75) is 178 Å². The Kier molecular flexibility index (Phi) is 17.8. The molecule has 2 unspecified atom stereocenters. The number of benzene rings is 2. The van der Waals surface area contributed by atoms with Gasteiger partial charge in [-0.1, -0.05) is 128 Å². The predicted molar refractivity (Wildman–Crippen MR) is 237 cm³/mol. The van der Waals surface area contributed by atoms with Crippen LogP contribution in [-0.4, -0.2) is 48.6 Å². The summed E-state index contributed by atoms with van der Waals surface area (Å²) in [6, 6.07) is 13.2. The van der Waals surface area contributed by atoms with Crippen molar-refractivity contribution < 1.29 is 18.8 Å². The number of Topliss-reactive ketones (excluding diaryl/α,β-unsaturated/α-hetero) is 1. The van der Waals surface area contributed by atoms with Gasteiger partial charge in [0, 0.05) is 30.6 Å². The van der Waals surface area contributed by atoms with Gasteiger partial charge in [0.15, 0.2) is 22.4 Å². The van der Waals surface area contributed by atoms with Crippen LogP contribution in [0.4, 0.5) is 0 Å². The molecule has 7 heteroatoms. The minimum absolute atomic E-state index is 0. The van der Waals surface area contributed by atoms with Crippen molar-refractivity contribution in [3.05, 3.63) is 69.8 Å². The Hall–Kier alpha value is -1.51. The van der Waals surface area contributed by atoms with E-state index in [-0.39, 0.29) is 46.0 Å². The highest BCUT2D eigenvalue weighted by molar-refractivity contribution is 6.74. The van der Waals surface area contributed by atoms with Crippen LogP contribution < -0.4 is 0 Å². The third-order valence-corrected chi connectivity index (χ3v) is 20.7. The topological polar surface area (TPSA) is 55.8 Å². The molecule has 2 aliphatic carbocycles. The smallest absolute Gasteiger partial charge is 0.192 e. The quantitative estimate of drug-likeness (QED) is 0.272. The normalized spacial score (nSPS) is 19.4. The average Bonchev–Trinajstić information content (AvgIpc) is 2.99. The lowest BCUT2D eigenvalue weighted by Crippen LogP contribution is -2.43. The monoisotopic (exact) mass is 765 g/mol.